The molecule has 1 aliphatic heterocycles. The van der Waals surface area contributed by atoms with Crippen LogP contribution >= 0.6 is 0 Å². The van der Waals surface area contributed by atoms with Gasteiger partial charge in [-0.25, -0.2) is 9.50 Å². The first-order valence-electron chi connectivity index (χ1n) is 8.57. The molecule has 3 heterocycles. The summed E-state index contributed by atoms with van der Waals surface area (Å²) >= 11 is 0. The number of benzene rings is 1. The molecule has 0 saturated carbocycles. The fourth-order valence-corrected chi connectivity index (χ4v) is 3.51. The highest BCUT2D eigenvalue weighted by Crippen LogP contribution is 2.26. The number of ether oxygens (including phenoxy) is 1. The van der Waals surface area contributed by atoms with Crippen molar-refractivity contribution in [3.05, 3.63) is 69.3 Å². The molecular weight excluding hydrogens is 316 g/mol. The Kier molecular flexibility index (Phi) is 4.15. The summed E-state index contributed by atoms with van der Waals surface area (Å²) in [5.74, 6) is 0. The van der Waals surface area contributed by atoms with Crippen LogP contribution in [-0.4, -0.2) is 39.2 Å². The number of nitrogens with one attached hydrogen (secondary N) is 1. The first-order chi connectivity index (χ1) is 12.1. The predicted molar refractivity (Wildman–Crippen MR) is 95.7 cm³/mol. The van der Waals surface area contributed by atoms with Crippen LogP contribution in [0.2, 0.25) is 0 Å². The molecule has 6 heteroatoms. The van der Waals surface area contributed by atoms with Gasteiger partial charge in [0.25, 0.3) is 5.56 Å². The minimum Gasteiger partial charge on any atom is -0.371 e. The van der Waals surface area contributed by atoms with Gasteiger partial charge in [-0.15, -0.1) is 0 Å². The summed E-state index contributed by atoms with van der Waals surface area (Å²) < 4.78 is 7.45. The topological polar surface area (TPSA) is 62.6 Å². The zero-order valence-corrected chi connectivity index (χ0v) is 14.5. The number of hydrogen-bond donors (Lipinski definition) is 1. The summed E-state index contributed by atoms with van der Waals surface area (Å²) in [6, 6.07) is 9.90. The Morgan fingerprint density at radius 2 is 2.16 bits per heavy atom. The van der Waals surface area contributed by atoms with Crippen molar-refractivity contribution < 1.29 is 4.74 Å². The van der Waals surface area contributed by atoms with Crippen LogP contribution in [0.4, 0.5) is 0 Å². The molecule has 0 radical (unpaired) electrons. The van der Waals surface area contributed by atoms with Crippen LogP contribution in [0.15, 0.2) is 41.3 Å². The lowest BCUT2D eigenvalue weighted by Crippen LogP contribution is -2.38. The largest absolute Gasteiger partial charge is 0.371 e. The van der Waals surface area contributed by atoms with Crippen LogP contribution < -0.4 is 5.56 Å². The van der Waals surface area contributed by atoms with E-state index in [1.807, 2.05) is 6.07 Å². The van der Waals surface area contributed by atoms with Crippen molar-refractivity contribution >= 4 is 5.65 Å². The lowest BCUT2D eigenvalue weighted by molar-refractivity contribution is -0.0335. The first kappa shape index (κ1) is 16.1. The Morgan fingerprint density at radius 1 is 1.28 bits per heavy atom. The van der Waals surface area contributed by atoms with Gasteiger partial charge in [0.2, 0.25) is 0 Å². The minimum atomic E-state index is -0.0795. The third kappa shape index (κ3) is 3.23. The van der Waals surface area contributed by atoms with E-state index in [-0.39, 0.29) is 11.7 Å². The van der Waals surface area contributed by atoms with Crippen LogP contribution in [0, 0.1) is 13.8 Å². The summed E-state index contributed by atoms with van der Waals surface area (Å²) in [6.45, 7) is 7.22. The Hall–Kier alpha value is -2.44. The average molecular weight is 338 g/mol. The molecule has 0 amide bonds. The maximum absolute atomic E-state index is 12.1. The average Bonchev–Trinajstić information content (AvgIpc) is 3.04. The molecule has 0 bridgehead atoms. The van der Waals surface area contributed by atoms with E-state index in [1.54, 1.807) is 12.3 Å². The molecule has 1 atom stereocenters. The van der Waals surface area contributed by atoms with Gasteiger partial charge in [0, 0.05) is 38.0 Å². The van der Waals surface area contributed by atoms with E-state index in [1.165, 1.54) is 21.2 Å². The number of hydrogen-bond acceptors (Lipinski definition) is 4. The smallest absolute Gasteiger partial charge is 0.272 e. The van der Waals surface area contributed by atoms with Crippen LogP contribution in [0.25, 0.3) is 5.65 Å². The van der Waals surface area contributed by atoms with E-state index in [2.05, 4.69) is 47.0 Å². The number of morpholine rings is 1. The van der Waals surface area contributed by atoms with Gasteiger partial charge < -0.3 is 4.74 Å². The normalized spacial score (nSPS) is 18.7. The van der Waals surface area contributed by atoms with Gasteiger partial charge in [-0.1, -0.05) is 23.8 Å². The number of aryl methyl sites for hydroxylation is 2. The second-order valence-electron chi connectivity index (χ2n) is 6.70. The Morgan fingerprint density at radius 3 is 3.00 bits per heavy atom. The van der Waals surface area contributed by atoms with Gasteiger partial charge in [-0.3, -0.25) is 14.8 Å². The maximum atomic E-state index is 12.1. The van der Waals surface area contributed by atoms with Crippen molar-refractivity contribution in [2.45, 2.75) is 26.5 Å². The van der Waals surface area contributed by atoms with Gasteiger partial charge in [-0.2, -0.15) is 0 Å². The maximum Gasteiger partial charge on any atom is 0.272 e. The molecule has 0 unspecified atom stereocenters. The molecule has 2 aromatic heterocycles. The van der Waals surface area contributed by atoms with Gasteiger partial charge in [-0.05, 0) is 25.0 Å². The van der Waals surface area contributed by atoms with Crippen molar-refractivity contribution in [3.8, 4) is 0 Å². The molecule has 4 rings (SSSR count). The first-order valence-corrected chi connectivity index (χ1v) is 8.57. The molecule has 1 saturated heterocycles. The molecule has 0 spiro atoms. The monoisotopic (exact) mass is 338 g/mol. The van der Waals surface area contributed by atoms with E-state index in [9.17, 15) is 4.79 Å². The van der Waals surface area contributed by atoms with Crippen molar-refractivity contribution in [1.29, 1.82) is 0 Å². The van der Waals surface area contributed by atoms with E-state index < -0.39 is 0 Å². The quantitative estimate of drug-likeness (QED) is 0.795. The summed E-state index contributed by atoms with van der Waals surface area (Å²) in [5.41, 5.74) is 5.14. The third-order valence-corrected chi connectivity index (χ3v) is 4.74. The van der Waals surface area contributed by atoms with E-state index in [0.29, 0.717) is 18.8 Å². The number of aromatic amines is 1. The van der Waals surface area contributed by atoms with Crippen LogP contribution in [0.1, 0.15) is 28.5 Å². The van der Waals surface area contributed by atoms with Crippen LogP contribution in [0.5, 0.6) is 0 Å². The molecule has 3 aromatic rings. The molecule has 1 aliphatic rings. The predicted octanol–water partition coefficient (Wildman–Crippen LogP) is 2.21. The van der Waals surface area contributed by atoms with Crippen molar-refractivity contribution in [2.24, 2.45) is 0 Å². The zero-order valence-electron chi connectivity index (χ0n) is 14.5. The molecule has 1 fully saturated rings. The van der Waals surface area contributed by atoms with Crippen LogP contribution in [-0.2, 0) is 11.3 Å². The molecule has 6 nitrogen and oxygen atoms in total. The lowest BCUT2D eigenvalue weighted by Gasteiger charge is -2.33. The lowest BCUT2D eigenvalue weighted by atomic mass is 10.00. The number of fused-ring (bicyclic) bond motifs is 1. The Balaban J connectivity index is 1.53. The number of nitrogens with zero attached hydrogens (tertiary/aromatic N) is 3. The highest BCUT2D eigenvalue weighted by molar-refractivity contribution is 5.36. The van der Waals surface area contributed by atoms with Gasteiger partial charge >= 0.3 is 0 Å². The van der Waals surface area contributed by atoms with Crippen molar-refractivity contribution in [3.63, 3.8) is 0 Å². The number of rotatable bonds is 3. The molecule has 1 aromatic carbocycles. The summed E-state index contributed by atoms with van der Waals surface area (Å²) in [5, 5.41) is 2.87. The van der Waals surface area contributed by atoms with Crippen LogP contribution in [0.3, 0.4) is 0 Å². The second-order valence-corrected chi connectivity index (χ2v) is 6.70. The molecule has 25 heavy (non-hydrogen) atoms. The fourth-order valence-electron chi connectivity index (χ4n) is 3.51. The van der Waals surface area contributed by atoms with Gasteiger partial charge in [0.1, 0.15) is 0 Å². The standard InChI is InChI=1S/C19H22N4O2/c1-13-3-4-16(14(2)9-13)17-12-22(7-8-25-17)11-15-10-19(24)23-18(21-15)5-6-20-23/h3-6,9-10,17,20H,7-8,11-12H2,1-2H3/t17-/m0/s1. The summed E-state index contributed by atoms with van der Waals surface area (Å²) in [7, 11) is 0. The molecule has 1 N–H and O–H groups in total. The number of H-pyrrole nitrogens is 1. The molecule has 0 aliphatic carbocycles. The van der Waals surface area contributed by atoms with Crippen molar-refractivity contribution in [1.82, 2.24) is 19.5 Å². The van der Waals surface area contributed by atoms with E-state index in [4.69, 9.17) is 4.74 Å². The summed E-state index contributed by atoms with van der Waals surface area (Å²) in [6.07, 6.45) is 1.78. The highest BCUT2D eigenvalue weighted by atomic mass is 16.5. The van der Waals surface area contributed by atoms with Gasteiger partial charge in [0.05, 0.1) is 18.4 Å². The van der Waals surface area contributed by atoms with E-state index in [0.717, 1.165) is 18.8 Å². The fraction of sp³-hybridized carbons (Fsp3) is 0.368. The summed E-state index contributed by atoms with van der Waals surface area (Å²) in [4.78, 5) is 19.0. The van der Waals surface area contributed by atoms with E-state index >= 15 is 0 Å². The zero-order chi connectivity index (χ0) is 17.4. The SMILES string of the molecule is Cc1ccc([C@@H]2CN(Cc3cc(=O)n4[nH]ccc4n3)CCO2)c(C)c1. The Bertz CT molecular complexity index is 959. The molecule has 130 valence electrons. The second kappa shape index (κ2) is 6.46. The highest BCUT2D eigenvalue weighted by Gasteiger charge is 2.23. The third-order valence-electron chi connectivity index (χ3n) is 4.74. The van der Waals surface area contributed by atoms with Gasteiger partial charge in [0.15, 0.2) is 5.65 Å². The minimum absolute atomic E-state index is 0.0615. The number of aromatic nitrogens is 3. The van der Waals surface area contributed by atoms with Crippen molar-refractivity contribution in [2.75, 3.05) is 19.7 Å². The Labute approximate surface area is 146 Å². The molecular formula is C19H22N4O2.